The van der Waals surface area contributed by atoms with Gasteiger partial charge in [0.1, 0.15) is 6.10 Å². The van der Waals surface area contributed by atoms with Gasteiger partial charge in [-0.05, 0) is 57.8 Å². The Morgan fingerprint density at radius 1 is 0.913 bits per heavy atom. The molecule has 0 aromatic carbocycles. The van der Waals surface area contributed by atoms with Gasteiger partial charge in [0.15, 0.2) is 16.6 Å². The molecule has 0 radical (unpaired) electrons. The number of hydrogen-bond donors (Lipinski definition) is 0. The van der Waals surface area contributed by atoms with Crippen molar-refractivity contribution < 1.29 is 17.7 Å². The van der Waals surface area contributed by atoms with E-state index in [1.807, 2.05) is 0 Å². The molecule has 0 bridgehead atoms. The van der Waals surface area contributed by atoms with E-state index in [0.717, 1.165) is 32.3 Å². The van der Waals surface area contributed by atoms with Crippen LogP contribution in [0.15, 0.2) is 0 Å². The van der Waals surface area contributed by atoms with Crippen LogP contribution in [-0.4, -0.2) is 51.1 Å². The number of epoxide rings is 1. The predicted molar refractivity (Wildman–Crippen MR) is 104 cm³/mol. The molecule has 1 saturated heterocycles. The summed E-state index contributed by atoms with van der Waals surface area (Å²) in [6, 6.07) is 2.37. The lowest BCUT2D eigenvalue weighted by molar-refractivity contribution is 0.116. The molecule has 1 atom stereocenters. The van der Waals surface area contributed by atoms with E-state index in [1.54, 1.807) is 0 Å². The summed E-state index contributed by atoms with van der Waals surface area (Å²) < 4.78 is 23.9. The van der Waals surface area contributed by atoms with Crippen molar-refractivity contribution in [2.75, 3.05) is 19.8 Å². The van der Waals surface area contributed by atoms with Crippen molar-refractivity contribution in [3.05, 3.63) is 0 Å². The van der Waals surface area contributed by atoms with E-state index in [2.05, 4.69) is 46.2 Å². The monoisotopic (exact) mass is 378 g/mol. The first-order valence-corrected chi connectivity index (χ1v) is 18.2. The second-order valence-corrected chi connectivity index (χ2v) is 20.8. The number of hydrogen-bond acceptors (Lipinski definition) is 4. The molecule has 0 spiro atoms. The molecular weight excluding hydrogens is 340 g/mol. The first kappa shape index (κ1) is 21.5. The van der Waals surface area contributed by atoms with E-state index in [4.69, 9.17) is 17.7 Å². The van der Waals surface area contributed by atoms with Crippen LogP contribution < -0.4 is 0 Å². The van der Waals surface area contributed by atoms with Crippen LogP contribution >= 0.6 is 0 Å². The third-order valence-corrected chi connectivity index (χ3v) is 15.4. The zero-order valence-corrected chi connectivity index (χ0v) is 19.4. The van der Waals surface area contributed by atoms with Crippen molar-refractivity contribution in [2.45, 2.75) is 83.7 Å². The highest BCUT2D eigenvalue weighted by molar-refractivity contribution is 6.87. The summed E-state index contributed by atoms with van der Waals surface area (Å²) in [5.74, 6) is 0. The van der Waals surface area contributed by atoms with Gasteiger partial charge in [-0.15, -0.1) is 0 Å². The predicted octanol–water partition coefficient (Wildman–Crippen LogP) is 4.74. The fourth-order valence-electron chi connectivity index (χ4n) is 3.04. The molecule has 7 heteroatoms. The highest BCUT2D eigenvalue weighted by atomic mass is 28.5. The van der Waals surface area contributed by atoms with Crippen LogP contribution in [0.2, 0.25) is 51.4 Å². The summed E-state index contributed by atoms with van der Waals surface area (Å²) in [6.45, 7) is 18.4. The van der Waals surface area contributed by atoms with Crippen molar-refractivity contribution in [1.29, 1.82) is 0 Å². The Morgan fingerprint density at radius 3 is 1.91 bits per heavy atom. The fourth-order valence-corrected chi connectivity index (χ4v) is 17.2. The molecule has 1 unspecified atom stereocenters. The third kappa shape index (κ3) is 10.9. The Kier molecular flexibility index (Phi) is 8.67. The van der Waals surface area contributed by atoms with E-state index in [1.165, 1.54) is 18.9 Å². The molecule has 1 heterocycles. The quantitative estimate of drug-likeness (QED) is 0.264. The molecule has 1 fully saturated rings. The first-order valence-electron chi connectivity index (χ1n) is 9.15. The van der Waals surface area contributed by atoms with Crippen molar-refractivity contribution >= 4 is 25.2 Å². The molecule has 138 valence electrons. The average molecular weight is 379 g/mol. The Bertz CT molecular complexity index is 344. The summed E-state index contributed by atoms with van der Waals surface area (Å²) in [7, 11) is -5.31. The van der Waals surface area contributed by atoms with Crippen LogP contribution in [-0.2, 0) is 17.7 Å². The molecule has 1 rings (SSSR count). The maximum atomic E-state index is 6.59. The van der Waals surface area contributed by atoms with Crippen LogP contribution in [0, 0.1) is 0 Å². The Balaban J connectivity index is 2.30. The van der Waals surface area contributed by atoms with Gasteiger partial charge in [0.25, 0.3) is 0 Å². The molecule has 0 amide bonds. The zero-order valence-electron chi connectivity index (χ0n) is 16.4. The fraction of sp³-hybridized carbons (Fsp3) is 1.00. The van der Waals surface area contributed by atoms with E-state index in [0.29, 0.717) is 6.10 Å². The lowest BCUT2D eigenvalue weighted by atomic mass is 10.4. The first-order chi connectivity index (χ1) is 10.6. The van der Waals surface area contributed by atoms with Gasteiger partial charge in [-0.2, -0.15) is 0 Å². The molecule has 0 aromatic rings. The van der Waals surface area contributed by atoms with Crippen LogP contribution in [0.1, 0.15) is 26.2 Å². The molecule has 0 saturated carbocycles. The summed E-state index contributed by atoms with van der Waals surface area (Å²) in [4.78, 5) is 0. The van der Waals surface area contributed by atoms with Gasteiger partial charge in [0, 0.05) is 6.61 Å². The lowest BCUT2D eigenvalue weighted by Gasteiger charge is -2.38. The highest BCUT2D eigenvalue weighted by Gasteiger charge is 2.39. The maximum absolute atomic E-state index is 6.59. The highest BCUT2D eigenvalue weighted by Crippen LogP contribution is 2.26. The molecule has 23 heavy (non-hydrogen) atoms. The van der Waals surface area contributed by atoms with Crippen LogP contribution in [0.5, 0.6) is 0 Å². The number of unbranched alkanes of at least 4 members (excludes halogenated alkanes) is 1. The molecule has 0 aliphatic carbocycles. The van der Waals surface area contributed by atoms with Crippen molar-refractivity contribution in [1.82, 2.24) is 0 Å². The van der Waals surface area contributed by atoms with Crippen LogP contribution in [0.25, 0.3) is 0 Å². The smallest absolute Gasteiger partial charge is 0.311 e. The number of ether oxygens (including phenoxy) is 2. The maximum Gasteiger partial charge on any atom is 0.311 e. The number of rotatable bonds is 13. The minimum atomic E-state index is -2.04. The molecule has 1 aliphatic rings. The van der Waals surface area contributed by atoms with Crippen LogP contribution in [0.3, 0.4) is 0 Å². The molecule has 4 nitrogen and oxygen atoms in total. The minimum Gasteiger partial charge on any atom is -0.437 e. The normalized spacial score (nSPS) is 19.2. The standard InChI is InChI=1S/C16H38O4Si3/c1-8-9-12-21(2,3)19-23(6,7)20-22(4,5)13-10-11-17-14-16-15-18-16/h16H,8-15H2,1-7H3. The minimum absolute atomic E-state index is 0.367. The zero-order chi connectivity index (χ0) is 17.6. The second kappa shape index (κ2) is 9.26. The lowest BCUT2D eigenvalue weighted by Crippen LogP contribution is -2.52. The van der Waals surface area contributed by atoms with Crippen molar-refractivity contribution in [2.24, 2.45) is 0 Å². The molecule has 0 aromatic heterocycles. The van der Waals surface area contributed by atoms with E-state index >= 15 is 0 Å². The second-order valence-electron chi connectivity index (χ2n) is 8.36. The molecule has 1 aliphatic heterocycles. The summed E-state index contributed by atoms with van der Waals surface area (Å²) in [5.41, 5.74) is 0. The van der Waals surface area contributed by atoms with Crippen LogP contribution in [0.4, 0.5) is 0 Å². The van der Waals surface area contributed by atoms with E-state index < -0.39 is 25.2 Å². The van der Waals surface area contributed by atoms with Gasteiger partial charge >= 0.3 is 8.56 Å². The topological polar surface area (TPSA) is 40.2 Å². The summed E-state index contributed by atoms with van der Waals surface area (Å²) in [5, 5.41) is 0. The summed E-state index contributed by atoms with van der Waals surface area (Å²) in [6.07, 6.45) is 3.96. The van der Waals surface area contributed by atoms with Crippen molar-refractivity contribution in [3.8, 4) is 0 Å². The van der Waals surface area contributed by atoms with Gasteiger partial charge in [-0.3, -0.25) is 0 Å². The van der Waals surface area contributed by atoms with Gasteiger partial charge in [-0.25, -0.2) is 0 Å². The molecular formula is C16H38O4Si3. The Labute approximate surface area is 146 Å². The summed E-state index contributed by atoms with van der Waals surface area (Å²) >= 11 is 0. The van der Waals surface area contributed by atoms with Gasteiger partial charge < -0.3 is 17.7 Å². The van der Waals surface area contributed by atoms with Gasteiger partial charge in [-0.1, -0.05) is 19.8 Å². The van der Waals surface area contributed by atoms with Crippen molar-refractivity contribution in [3.63, 3.8) is 0 Å². The van der Waals surface area contributed by atoms with E-state index in [-0.39, 0.29) is 0 Å². The average Bonchev–Trinajstić information content (AvgIpc) is 3.17. The Morgan fingerprint density at radius 2 is 1.43 bits per heavy atom. The Hall–Kier alpha value is 0.491. The largest absolute Gasteiger partial charge is 0.437 e. The van der Waals surface area contributed by atoms with Gasteiger partial charge in [0.05, 0.1) is 13.2 Å². The van der Waals surface area contributed by atoms with Gasteiger partial charge in [0.2, 0.25) is 0 Å². The SMILES string of the molecule is CCCC[Si](C)(C)O[Si](C)(C)O[Si](C)(C)CCCOCC1CO1. The molecule has 0 N–H and O–H groups in total. The van der Waals surface area contributed by atoms with E-state index in [9.17, 15) is 0 Å². The third-order valence-electron chi connectivity index (χ3n) is 3.95.